The van der Waals surface area contributed by atoms with Gasteiger partial charge in [-0.15, -0.1) is 0 Å². The van der Waals surface area contributed by atoms with Crippen LogP contribution < -0.4 is 0 Å². The van der Waals surface area contributed by atoms with Crippen molar-refractivity contribution in [2.24, 2.45) is 0 Å². The van der Waals surface area contributed by atoms with E-state index in [-0.39, 0.29) is 11.0 Å². The SMILES string of the molecule is CC1(c2cccc(C(C)(O)C(F)(F)F)c2)CC1. The van der Waals surface area contributed by atoms with E-state index in [9.17, 15) is 18.3 Å². The molecule has 1 unspecified atom stereocenters. The van der Waals surface area contributed by atoms with E-state index in [0.717, 1.165) is 25.3 Å². The molecule has 1 nitrogen and oxygen atoms in total. The maximum absolute atomic E-state index is 12.7. The van der Waals surface area contributed by atoms with Crippen molar-refractivity contribution in [3.05, 3.63) is 35.4 Å². The lowest BCUT2D eigenvalue weighted by molar-refractivity contribution is -0.258. The standard InChI is InChI=1S/C13H15F3O/c1-11(6-7-11)9-4-3-5-10(8-9)12(2,17)13(14,15)16/h3-5,8,17H,6-7H2,1-2H3. The summed E-state index contributed by atoms with van der Waals surface area (Å²) in [4.78, 5) is 0. The number of halogens is 3. The van der Waals surface area contributed by atoms with Gasteiger partial charge in [0, 0.05) is 0 Å². The molecule has 0 aromatic heterocycles. The monoisotopic (exact) mass is 244 g/mol. The number of aliphatic hydroxyl groups is 1. The summed E-state index contributed by atoms with van der Waals surface area (Å²) >= 11 is 0. The normalized spacial score (nSPS) is 22.0. The van der Waals surface area contributed by atoms with E-state index >= 15 is 0 Å². The Morgan fingerprint density at radius 1 is 1.24 bits per heavy atom. The first-order valence-electron chi connectivity index (χ1n) is 5.57. The van der Waals surface area contributed by atoms with Crippen molar-refractivity contribution in [2.45, 2.75) is 43.9 Å². The topological polar surface area (TPSA) is 20.2 Å². The fourth-order valence-electron chi connectivity index (χ4n) is 1.84. The molecule has 1 saturated carbocycles. The number of alkyl halides is 3. The van der Waals surface area contributed by atoms with Gasteiger partial charge in [-0.25, -0.2) is 0 Å². The van der Waals surface area contributed by atoms with Gasteiger partial charge < -0.3 is 5.11 Å². The molecular weight excluding hydrogens is 229 g/mol. The molecule has 0 amide bonds. The third-order valence-electron chi connectivity index (χ3n) is 3.67. The number of hydrogen-bond acceptors (Lipinski definition) is 1. The Balaban J connectivity index is 2.40. The van der Waals surface area contributed by atoms with Gasteiger partial charge in [0.1, 0.15) is 0 Å². The van der Waals surface area contributed by atoms with Gasteiger partial charge in [-0.3, -0.25) is 0 Å². The summed E-state index contributed by atoms with van der Waals surface area (Å²) in [6.07, 6.45) is -2.68. The maximum Gasteiger partial charge on any atom is 0.421 e. The minimum atomic E-state index is -4.66. The summed E-state index contributed by atoms with van der Waals surface area (Å²) in [5.74, 6) is 0. The number of rotatable bonds is 2. The summed E-state index contributed by atoms with van der Waals surface area (Å²) in [5, 5.41) is 9.61. The van der Waals surface area contributed by atoms with Crippen LogP contribution in [-0.2, 0) is 11.0 Å². The fourth-order valence-corrected chi connectivity index (χ4v) is 1.84. The fraction of sp³-hybridized carbons (Fsp3) is 0.538. The Morgan fingerprint density at radius 3 is 2.29 bits per heavy atom. The van der Waals surface area contributed by atoms with Crippen LogP contribution in [0.4, 0.5) is 13.2 Å². The highest BCUT2D eigenvalue weighted by atomic mass is 19.4. The predicted octanol–water partition coefficient (Wildman–Crippen LogP) is 3.51. The molecule has 17 heavy (non-hydrogen) atoms. The van der Waals surface area contributed by atoms with E-state index in [1.165, 1.54) is 12.1 Å². The van der Waals surface area contributed by atoms with Gasteiger partial charge in [0.25, 0.3) is 0 Å². The molecule has 1 aromatic rings. The Morgan fingerprint density at radius 2 is 1.82 bits per heavy atom. The first-order chi connectivity index (χ1) is 7.67. The van der Waals surface area contributed by atoms with Crippen LogP contribution in [0.25, 0.3) is 0 Å². The summed E-state index contributed by atoms with van der Waals surface area (Å²) in [5.41, 5.74) is -2.00. The van der Waals surface area contributed by atoms with Crippen molar-refractivity contribution < 1.29 is 18.3 Å². The Bertz CT molecular complexity index is 431. The first kappa shape index (κ1) is 12.4. The van der Waals surface area contributed by atoms with Gasteiger partial charge in [0.2, 0.25) is 0 Å². The second-order valence-corrected chi connectivity index (χ2v) is 5.21. The van der Waals surface area contributed by atoms with Crippen LogP contribution in [0, 0.1) is 0 Å². The van der Waals surface area contributed by atoms with Crippen LogP contribution in [0.3, 0.4) is 0 Å². The second kappa shape index (κ2) is 3.48. The highest BCUT2D eigenvalue weighted by molar-refractivity contribution is 5.36. The lowest BCUT2D eigenvalue weighted by atomic mass is 9.89. The van der Waals surface area contributed by atoms with Crippen LogP contribution in [-0.4, -0.2) is 11.3 Å². The van der Waals surface area contributed by atoms with Crippen molar-refractivity contribution in [1.29, 1.82) is 0 Å². The molecule has 0 aliphatic heterocycles. The van der Waals surface area contributed by atoms with Gasteiger partial charge in [-0.2, -0.15) is 13.2 Å². The molecule has 0 radical (unpaired) electrons. The second-order valence-electron chi connectivity index (χ2n) is 5.21. The van der Waals surface area contributed by atoms with Crippen LogP contribution in [0.2, 0.25) is 0 Å². The highest BCUT2D eigenvalue weighted by Gasteiger charge is 2.51. The van der Waals surface area contributed by atoms with E-state index in [1.54, 1.807) is 6.07 Å². The maximum atomic E-state index is 12.7. The summed E-state index contributed by atoms with van der Waals surface area (Å²) < 4.78 is 38.1. The minimum Gasteiger partial charge on any atom is -0.376 e. The first-order valence-corrected chi connectivity index (χ1v) is 5.57. The molecule has 1 N–H and O–H groups in total. The minimum absolute atomic E-state index is 0.00229. The molecule has 0 spiro atoms. The lowest BCUT2D eigenvalue weighted by Gasteiger charge is -2.27. The molecule has 0 saturated heterocycles. The number of benzene rings is 1. The van der Waals surface area contributed by atoms with E-state index in [0.29, 0.717) is 0 Å². The van der Waals surface area contributed by atoms with Crippen LogP contribution in [0.1, 0.15) is 37.8 Å². The van der Waals surface area contributed by atoms with E-state index in [4.69, 9.17) is 0 Å². The van der Waals surface area contributed by atoms with Crippen molar-refractivity contribution >= 4 is 0 Å². The van der Waals surface area contributed by atoms with Gasteiger partial charge in [0.15, 0.2) is 5.60 Å². The highest BCUT2D eigenvalue weighted by Crippen LogP contribution is 2.48. The third-order valence-corrected chi connectivity index (χ3v) is 3.67. The van der Waals surface area contributed by atoms with Crippen LogP contribution in [0.15, 0.2) is 24.3 Å². The average molecular weight is 244 g/mol. The van der Waals surface area contributed by atoms with E-state index in [1.807, 2.05) is 13.0 Å². The Hall–Kier alpha value is -1.03. The van der Waals surface area contributed by atoms with Crippen molar-refractivity contribution in [3.8, 4) is 0 Å². The van der Waals surface area contributed by atoms with Crippen LogP contribution in [0.5, 0.6) is 0 Å². The molecule has 0 bridgehead atoms. The quantitative estimate of drug-likeness (QED) is 0.844. The molecule has 94 valence electrons. The van der Waals surface area contributed by atoms with Gasteiger partial charge in [-0.1, -0.05) is 31.2 Å². The smallest absolute Gasteiger partial charge is 0.376 e. The Labute approximate surface area is 98.3 Å². The molecular formula is C13H15F3O. The van der Waals surface area contributed by atoms with E-state index in [2.05, 4.69) is 0 Å². The number of hydrogen-bond donors (Lipinski definition) is 1. The molecule has 1 aliphatic carbocycles. The molecule has 4 heteroatoms. The molecule has 1 aromatic carbocycles. The molecule has 2 rings (SSSR count). The van der Waals surface area contributed by atoms with Crippen LogP contribution >= 0.6 is 0 Å². The van der Waals surface area contributed by atoms with Crippen molar-refractivity contribution in [2.75, 3.05) is 0 Å². The summed E-state index contributed by atoms with van der Waals surface area (Å²) in [6, 6.07) is 6.20. The zero-order valence-corrected chi connectivity index (χ0v) is 9.80. The van der Waals surface area contributed by atoms with Crippen molar-refractivity contribution in [1.82, 2.24) is 0 Å². The molecule has 1 atom stereocenters. The predicted molar refractivity (Wildman–Crippen MR) is 58.7 cm³/mol. The van der Waals surface area contributed by atoms with Gasteiger partial charge in [-0.05, 0) is 36.3 Å². The van der Waals surface area contributed by atoms with Gasteiger partial charge >= 0.3 is 6.18 Å². The summed E-state index contributed by atoms with van der Waals surface area (Å²) in [7, 11) is 0. The largest absolute Gasteiger partial charge is 0.421 e. The zero-order valence-electron chi connectivity index (χ0n) is 9.80. The molecule has 1 aliphatic rings. The Kier molecular flexibility index (Phi) is 2.54. The molecule has 1 fully saturated rings. The van der Waals surface area contributed by atoms with E-state index < -0.39 is 11.8 Å². The molecule has 0 heterocycles. The average Bonchev–Trinajstić information content (AvgIpc) is 2.96. The third kappa shape index (κ3) is 2.06. The van der Waals surface area contributed by atoms with Gasteiger partial charge in [0.05, 0.1) is 0 Å². The zero-order chi connectivity index (χ0) is 12.9. The summed E-state index contributed by atoms with van der Waals surface area (Å²) in [6.45, 7) is 2.82. The lowest BCUT2D eigenvalue weighted by Crippen LogP contribution is -2.39. The van der Waals surface area contributed by atoms with Crippen molar-refractivity contribution in [3.63, 3.8) is 0 Å².